The second kappa shape index (κ2) is 4.22. The summed E-state index contributed by atoms with van der Waals surface area (Å²) in [5.74, 6) is 1.54. The molecule has 0 aliphatic rings. The molecule has 1 aromatic carbocycles. The molecule has 1 aromatic rings. The molecule has 0 saturated heterocycles. The monoisotopic (exact) mass is 196 g/mol. The van der Waals surface area contributed by atoms with Gasteiger partial charge in [-0.1, -0.05) is 13.8 Å². The van der Waals surface area contributed by atoms with Crippen molar-refractivity contribution in [1.82, 2.24) is 0 Å². The van der Waals surface area contributed by atoms with Crippen LogP contribution < -0.4 is 9.47 Å². The predicted molar refractivity (Wildman–Crippen MR) is 55.3 cm³/mol. The van der Waals surface area contributed by atoms with Gasteiger partial charge in [-0.2, -0.15) is 0 Å². The van der Waals surface area contributed by atoms with E-state index in [9.17, 15) is 5.11 Å². The lowest BCUT2D eigenvalue weighted by atomic mass is 10.0. The number of hydrogen-bond acceptors (Lipinski definition) is 3. The van der Waals surface area contributed by atoms with Crippen LogP contribution >= 0.6 is 0 Å². The van der Waals surface area contributed by atoms with Crippen LogP contribution in [0.15, 0.2) is 12.1 Å². The Bertz CT molecular complexity index is 319. The van der Waals surface area contributed by atoms with Crippen molar-refractivity contribution in [2.45, 2.75) is 19.8 Å². The van der Waals surface area contributed by atoms with Gasteiger partial charge in [-0.25, -0.2) is 0 Å². The Morgan fingerprint density at radius 2 is 1.57 bits per heavy atom. The van der Waals surface area contributed by atoms with Gasteiger partial charge in [0.2, 0.25) is 0 Å². The van der Waals surface area contributed by atoms with E-state index in [1.807, 2.05) is 13.8 Å². The molecule has 0 aliphatic carbocycles. The third-order valence-corrected chi connectivity index (χ3v) is 2.16. The fourth-order valence-electron chi connectivity index (χ4n) is 1.47. The van der Waals surface area contributed by atoms with Gasteiger partial charge in [-0.15, -0.1) is 0 Å². The lowest BCUT2D eigenvalue weighted by Crippen LogP contribution is -1.96. The van der Waals surface area contributed by atoms with Gasteiger partial charge in [0.05, 0.1) is 14.2 Å². The zero-order valence-electron chi connectivity index (χ0n) is 9.00. The first-order chi connectivity index (χ1) is 6.61. The largest absolute Gasteiger partial charge is 0.504 e. The predicted octanol–water partition coefficient (Wildman–Crippen LogP) is 2.53. The zero-order valence-corrected chi connectivity index (χ0v) is 9.00. The van der Waals surface area contributed by atoms with Crippen LogP contribution in [0.5, 0.6) is 17.2 Å². The molecule has 1 rings (SSSR count). The number of benzene rings is 1. The molecule has 0 bridgehead atoms. The van der Waals surface area contributed by atoms with Gasteiger partial charge in [0.25, 0.3) is 0 Å². The lowest BCUT2D eigenvalue weighted by Gasteiger charge is -2.15. The molecule has 3 nitrogen and oxygen atoms in total. The Kier molecular flexibility index (Phi) is 3.23. The summed E-state index contributed by atoms with van der Waals surface area (Å²) < 4.78 is 10.2. The molecule has 0 radical (unpaired) electrons. The number of methoxy groups -OCH3 is 2. The van der Waals surface area contributed by atoms with Gasteiger partial charge in [0.15, 0.2) is 11.5 Å². The maximum atomic E-state index is 9.87. The third kappa shape index (κ3) is 1.76. The lowest BCUT2D eigenvalue weighted by molar-refractivity contribution is 0.358. The molecule has 1 N–H and O–H groups in total. The molecule has 0 amide bonds. The van der Waals surface area contributed by atoms with Crippen molar-refractivity contribution >= 4 is 0 Å². The van der Waals surface area contributed by atoms with Crippen LogP contribution in [-0.2, 0) is 0 Å². The number of aromatic hydroxyl groups is 1. The SMILES string of the molecule is COc1ccc(OC)c(C(C)C)c1O. The molecule has 0 atom stereocenters. The molecular weight excluding hydrogens is 180 g/mol. The molecule has 0 heterocycles. The normalized spacial score (nSPS) is 10.4. The number of ether oxygens (including phenoxy) is 2. The topological polar surface area (TPSA) is 38.7 Å². The highest BCUT2D eigenvalue weighted by Gasteiger charge is 2.16. The second-order valence-electron chi connectivity index (χ2n) is 3.39. The van der Waals surface area contributed by atoms with Crippen molar-refractivity contribution in [2.75, 3.05) is 14.2 Å². The van der Waals surface area contributed by atoms with E-state index >= 15 is 0 Å². The Labute approximate surface area is 84.3 Å². The number of phenols is 1. The molecule has 78 valence electrons. The standard InChI is InChI=1S/C11H16O3/c1-7(2)10-8(13-3)5-6-9(14-4)11(10)12/h5-7,12H,1-4H3. The second-order valence-corrected chi connectivity index (χ2v) is 3.39. The van der Waals surface area contributed by atoms with Crippen LogP contribution in [-0.4, -0.2) is 19.3 Å². The number of phenolic OH excluding ortho intramolecular Hbond substituents is 1. The van der Waals surface area contributed by atoms with E-state index in [1.54, 1.807) is 19.2 Å². The maximum Gasteiger partial charge on any atom is 0.164 e. The Morgan fingerprint density at radius 3 is 2.00 bits per heavy atom. The van der Waals surface area contributed by atoms with Crippen LogP contribution in [0.1, 0.15) is 25.3 Å². The average Bonchev–Trinajstić information content (AvgIpc) is 2.16. The summed E-state index contributed by atoms with van der Waals surface area (Å²) in [5.41, 5.74) is 0.784. The molecular formula is C11H16O3. The van der Waals surface area contributed by atoms with Crippen LogP contribution in [0.3, 0.4) is 0 Å². The van der Waals surface area contributed by atoms with Gasteiger partial charge in [-0.05, 0) is 18.1 Å². The highest BCUT2D eigenvalue weighted by Crippen LogP contribution is 2.40. The first-order valence-corrected chi connectivity index (χ1v) is 4.55. The van der Waals surface area contributed by atoms with Crippen molar-refractivity contribution in [1.29, 1.82) is 0 Å². The Hall–Kier alpha value is -1.38. The smallest absolute Gasteiger partial charge is 0.164 e. The average molecular weight is 196 g/mol. The molecule has 0 saturated carbocycles. The summed E-state index contributed by atoms with van der Waals surface area (Å²) in [4.78, 5) is 0. The summed E-state index contributed by atoms with van der Waals surface area (Å²) in [5, 5.41) is 9.87. The van der Waals surface area contributed by atoms with Gasteiger partial charge >= 0.3 is 0 Å². The highest BCUT2D eigenvalue weighted by molar-refractivity contribution is 5.54. The van der Waals surface area contributed by atoms with Crippen LogP contribution in [0.4, 0.5) is 0 Å². The van der Waals surface area contributed by atoms with Crippen molar-refractivity contribution in [2.24, 2.45) is 0 Å². The third-order valence-electron chi connectivity index (χ3n) is 2.16. The van der Waals surface area contributed by atoms with E-state index in [2.05, 4.69) is 0 Å². The minimum absolute atomic E-state index is 0.168. The molecule has 3 heteroatoms. The van der Waals surface area contributed by atoms with E-state index in [-0.39, 0.29) is 11.7 Å². The molecule has 0 aromatic heterocycles. The number of hydrogen-bond donors (Lipinski definition) is 1. The number of rotatable bonds is 3. The fourth-order valence-corrected chi connectivity index (χ4v) is 1.47. The van der Waals surface area contributed by atoms with Crippen molar-refractivity contribution in [3.63, 3.8) is 0 Å². The van der Waals surface area contributed by atoms with E-state index in [4.69, 9.17) is 9.47 Å². The van der Waals surface area contributed by atoms with E-state index < -0.39 is 0 Å². The Morgan fingerprint density at radius 1 is 1.07 bits per heavy atom. The first kappa shape index (κ1) is 10.7. The minimum atomic E-state index is 0.168. The van der Waals surface area contributed by atoms with Gasteiger partial charge in [0, 0.05) is 5.56 Å². The van der Waals surface area contributed by atoms with Crippen molar-refractivity contribution in [3.05, 3.63) is 17.7 Å². The Balaban J connectivity index is 3.31. The summed E-state index contributed by atoms with van der Waals surface area (Å²) in [6, 6.07) is 3.49. The van der Waals surface area contributed by atoms with E-state index in [1.165, 1.54) is 7.11 Å². The maximum absolute atomic E-state index is 9.87. The quantitative estimate of drug-likeness (QED) is 0.807. The zero-order chi connectivity index (χ0) is 10.7. The summed E-state index contributed by atoms with van der Waals surface area (Å²) in [6.45, 7) is 3.99. The van der Waals surface area contributed by atoms with Crippen molar-refractivity contribution < 1.29 is 14.6 Å². The first-order valence-electron chi connectivity index (χ1n) is 4.55. The molecule has 0 spiro atoms. The summed E-state index contributed by atoms with van der Waals surface area (Å²) in [7, 11) is 3.12. The van der Waals surface area contributed by atoms with Gasteiger partial charge < -0.3 is 14.6 Å². The minimum Gasteiger partial charge on any atom is -0.504 e. The molecule has 0 fully saturated rings. The fraction of sp³-hybridized carbons (Fsp3) is 0.455. The molecule has 0 unspecified atom stereocenters. The van der Waals surface area contributed by atoms with E-state index in [0.29, 0.717) is 11.5 Å². The highest BCUT2D eigenvalue weighted by atomic mass is 16.5. The summed E-state index contributed by atoms with van der Waals surface area (Å²) in [6.07, 6.45) is 0. The van der Waals surface area contributed by atoms with E-state index in [0.717, 1.165) is 5.56 Å². The molecule has 0 aliphatic heterocycles. The van der Waals surface area contributed by atoms with Crippen LogP contribution in [0.2, 0.25) is 0 Å². The van der Waals surface area contributed by atoms with Gasteiger partial charge in [-0.3, -0.25) is 0 Å². The van der Waals surface area contributed by atoms with Crippen molar-refractivity contribution in [3.8, 4) is 17.2 Å². The molecule has 14 heavy (non-hydrogen) atoms. The van der Waals surface area contributed by atoms with Crippen LogP contribution in [0.25, 0.3) is 0 Å². The van der Waals surface area contributed by atoms with Crippen LogP contribution in [0, 0.1) is 0 Å². The van der Waals surface area contributed by atoms with Gasteiger partial charge in [0.1, 0.15) is 5.75 Å². The summed E-state index contributed by atoms with van der Waals surface area (Å²) >= 11 is 0.